The summed E-state index contributed by atoms with van der Waals surface area (Å²) in [6.45, 7) is 2.39. The third-order valence-electron chi connectivity index (χ3n) is 5.82. The maximum Gasteiger partial charge on any atom is 0.270 e. The van der Waals surface area contributed by atoms with Gasteiger partial charge in [0.1, 0.15) is 11.5 Å². The van der Waals surface area contributed by atoms with Crippen molar-refractivity contribution in [3.63, 3.8) is 0 Å². The molecule has 146 valence electrons. The molecule has 1 N–H and O–H groups in total. The topological polar surface area (TPSA) is 75.2 Å². The van der Waals surface area contributed by atoms with Crippen LogP contribution in [0.4, 0.5) is 10.1 Å². The highest BCUT2D eigenvalue weighted by Gasteiger charge is 2.49. The second-order valence-corrected chi connectivity index (χ2v) is 7.78. The van der Waals surface area contributed by atoms with E-state index in [1.165, 1.54) is 12.3 Å². The number of pyridine rings is 2. The summed E-state index contributed by atoms with van der Waals surface area (Å²) >= 11 is 0. The maximum atomic E-state index is 13.5. The number of hydrogen-bond acceptors (Lipinski definition) is 4. The molecule has 2 aliphatic rings. The van der Waals surface area contributed by atoms with E-state index >= 15 is 0 Å². The zero-order valence-corrected chi connectivity index (χ0v) is 15.8. The number of nitrogens with zero attached hydrogens (tertiary/aromatic N) is 3. The Balaban J connectivity index is 1.47. The molecule has 2 amide bonds. The predicted molar refractivity (Wildman–Crippen MR) is 102 cm³/mol. The van der Waals surface area contributed by atoms with Crippen molar-refractivity contribution in [1.29, 1.82) is 0 Å². The monoisotopic (exact) mass is 382 g/mol. The molecule has 1 aliphatic carbocycles. The lowest BCUT2D eigenvalue weighted by Gasteiger charge is -2.36. The fourth-order valence-electron chi connectivity index (χ4n) is 4.45. The van der Waals surface area contributed by atoms with E-state index in [1.807, 2.05) is 19.1 Å². The number of anilines is 1. The first-order valence-electron chi connectivity index (χ1n) is 9.64. The number of hydrogen-bond donors (Lipinski definition) is 1. The molecule has 2 aromatic rings. The van der Waals surface area contributed by atoms with Crippen LogP contribution in [0.3, 0.4) is 0 Å². The smallest absolute Gasteiger partial charge is 0.270 e. The Morgan fingerprint density at radius 3 is 2.96 bits per heavy atom. The average Bonchev–Trinajstić information content (AvgIpc) is 2.97. The fraction of sp³-hybridized carbons (Fsp3) is 0.429. The molecule has 1 spiro atoms. The first kappa shape index (κ1) is 18.5. The summed E-state index contributed by atoms with van der Waals surface area (Å²) in [6, 6.07) is 6.62. The van der Waals surface area contributed by atoms with Crippen LogP contribution in [0.5, 0.6) is 0 Å². The van der Waals surface area contributed by atoms with Gasteiger partial charge in [-0.3, -0.25) is 14.6 Å². The Bertz CT molecular complexity index is 919. The second kappa shape index (κ2) is 7.30. The van der Waals surface area contributed by atoms with E-state index in [4.69, 9.17) is 0 Å². The predicted octanol–water partition coefficient (Wildman–Crippen LogP) is 3.02. The van der Waals surface area contributed by atoms with Crippen molar-refractivity contribution in [2.45, 2.75) is 45.1 Å². The van der Waals surface area contributed by atoms with Crippen LogP contribution in [0.15, 0.2) is 36.7 Å². The normalized spacial score (nSPS) is 24.6. The second-order valence-electron chi connectivity index (χ2n) is 7.78. The van der Waals surface area contributed by atoms with Gasteiger partial charge in [-0.2, -0.15) is 0 Å². The highest BCUT2D eigenvalue weighted by molar-refractivity contribution is 6.00. The lowest BCUT2D eigenvalue weighted by molar-refractivity contribution is -0.127. The highest BCUT2D eigenvalue weighted by atomic mass is 19.1. The van der Waals surface area contributed by atoms with E-state index in [9.17, 15) is 14.0 Å². The SMILES string of the molecule is Cc1cccc(C(=O)N[C@@H]2CCC[C@]3(CCN(c4cncc(F)c4)C3=O)C2)n1. The lowest BCUT2D eigenvalue weighted by atomic mass is 9.71. The van der Waals surface area contributed by atoms with Crippen LogP contribution in [-0.2, 0) is 4.79 Å². The summed E-state index contributed by atoms with van der Waals surface area (Å²) in [5.41, 5.74) is 1.18. The number of carbonyl (C=O) groups excluding carboxylic acids is 2. The van der Waals surface area contributed by atoms with Gasteiger partial charge in [0.15, 0.2) is 0 Å². The Hall–Kier alpha value is -2.83. The molecule has 0 bridgehead atoms. The van der Waals surface area contributed by atoms with E-state index in [-0.39, 0.29) is 17.9 Å². The highest BCUT2D eigenvalue weighted by Crippen LogP contribution is 2.46. The summed E-state index contributed by atoms with van der Waals surface area (Å²) in [5.74, 6) is -0.652. The van der Waals surface area contributed by atoms with Crippen LogP contribution in [0.2, 0.25) is 0 Å². The summed E-state index contributed by atoms with van der Waals surface area (Å²) < 4.78 is 13.5. The number of halogens is 1. The van der Waals surface area contributed by atoms with Crippen LogP contribution in [0.25, 0.3) is 0 Å². The molecule has 7 heteroatoms. The van der Waals surface area contributed by atoms with Gasteiger partial charge in [0, 0.05) is 24.3 Å². The van der Waals surface area contributed by atoms with Gasteiger partial charge < -0.3 is 10.2 Å². The van der Waals surface area contributed by atoms with Gasteiger partial charge in [0.2, 0.25) is 5.91 Å². The molecule has 3 heterocycles. The summed E-state index contributed by atoms with van der Waals surface area (Å²) in [4.78, 5) is 35.5. The van der Waals surface area contributed by atoms with E-state index in [2.05, 4.69) is 15.3 Å². The minimum atomic E-state index is -0.497. The first-order chi connectivity index (χ1) is 13.5. The summed E-state index contributed by atoms with van der Waals surface area (Å²) in [7, 11) is 0. The molecule has 4 rings (SSSR count). The molecule has 0 radical (unpaired) electrons. The maximum absolute atomic E-state index is 13.5. The molecule has 2 atom stereocenters. The third kappa shape index (κ3) is 3.48. The molecule has 6 nitrogen and oxygen atoms in total. The number of rotatable bonds is 3. The molecular weight excluding hydrogens is 359 g/mol. The van der Waals surface area contributed by atoms with E-state index in [0.717, 1.165) is 31.2 Å². The molecule has 28 heavy (non-hydrogen) atoms. The Kier molecular flexibility index (Phi) is 4.83. The number of aromatic nitrogens is 2. The molecule has 1 saturated heterocycles. The van der Waals surface area contributed by atoms with Crippen molar-refractivity contribution in [3.8, 4) is 0 Å². The first-order valence-corrected chi connectivity index (χ1v) is 9.64. The third-order valence-corrected chi connectivity index (χ3v) is 5.82. The standard InChI is InChI=1S/C21H23FN4O2/c1-14-4-2-6-18(24-14)19(27)25-16-5-3-7-21(11-16)8-9-26(20(21)28)17-10-15(22)12-23-13-17/h2,4,6,10,12-13,16H,3,5,7-9,11H2,1H3,(H,25,27)/t16-,21+/m1/s1. The molecule has 1 saturated carbocycles. The van der Waals surface area contributed by atoms with Gasteiger partial charge in [-0.1, -0.05) is 12.5 Å². The van der Waals surface area contributed by atoms with Gasteiger partial charge in [-0.25, -0.2) is 9.37 Å². The van der Waals surface area contributed by atoms with E-state index in [0.29, 0.717) is 30.8 Å². The zero-order valence-electron chi connectivity index (χ0n) is 15.8. The average molecular weight is 382 g/mol. The largest absolute Gasteiger partial charge is 0.348 e. The van der Waals surface area contributed by atoms with Crippen molar-refractivity contribution >= 4 is 17.5 Å². The van der Waals surface area contributed by atoms with Crippen LogP contribution < -0.4 is 10.2 Å². The van der Waals surface area contributed by atoms with Gasteiger partial charge in [0.05, 0.1) is 23.5 Å². The van der Waals surface area contributed by atoms with Crippen molar-refractivity contribution in [3.05, 3.63) is 53.9 Å². The molecule has 2 fully saturated rings. The van der Waals surface area contributed by atoms with Gasteiger partial charge in [-0.05, 0) is 44.7 Å². The lowest BCUT2D eigenvalue weighted by Crippen LogP contribution is -2.46. The number of nitrogens with one attached hydrogen (secondary N) is 1. The summed E-state index contributed by atoms with van der Waals surface area (Å²) in [6.07, 6.45) is 6.46. The van der Waals surface area contributed by atoms with Gasteiger partial charge in [0.25, 0.3) is 5.91 Å². The van der Waals surface area contributed by atoms with Gasteiger partial charge in [-0.15, -0.1) is 0 Å². The summed E-state index contributed by atoms with van der Waals surface area (Å²) in [5, 5.41) is 3.05. The molecule has 1 aliphatic heterocycles. The van der Waals surface area contributed by atoms with Crippen LogP contribution in [0.1, 0.15) is 48.3 Å². The molecular formula is C21H23FN4O2. The molecule has 0 aromatic carbocycles. The van der Waals surface area contributed by atoms with Crippen LogP contribution in [-0.4, -0.2) is 34.4 Å². The van der Waals surface area contributed by atoms with Crippen molar-refractivity contribution in [1.82, 2.24) is 15.3 Å². The Labute approximate surface area is 163 Å². The van der Waals surface area contributed by atoms with Crippen molar-refractivity contribution in [2.24, 2.45) is 5.41 Å². The van der Waals surface area contributed by atoms with Crippen LogP contribution >= 0.6 is 0 Å². The van der Waals surface area contributed by atoms with Crippen molar-refractivity contribution in [2.75, 3.05) is 11.4 Å². The van der Waals surface area contributed by atoms with Gasteiger partial charge >= 0.3 is 0 Å². The molecule has 0 unspecified atom stereocenters. The number of carbonyl (C=O) groups is 2. The minimum absolute atomic E-state index is 0.00697. The number of amides is 2. The number of aryl methyl sites for hydroxylation is 1. The quantitative estimate of drug-likeness (QED) is 0.885. The Morgan fingerprint density at radius 1 is 1.32 bits per heavy atom. The van der Waals surface area contributed by atoms with Crippen molar-refractivity contribution < 1.29 is 14.0 Å². The Morgan fingerprint density at radius 2 is 2.18 bits per heavy atom. The van der Waals surface area contributed by atoms with Crippen LogP contribution in [0, 0.1) is 18.2 Å². The fourth-order valence-corrected chi connectivity index (χ4v) is 4.45. The minimum Gasteiger partial charge on any atom is -0.348 e. The molecule has 2 aromatic heterocycles. The zero-order chi connectivity index (χ0) is 19.7. The van der Waals surface area contributed by atoms with E-state index in [1.54, 1.807) is 11.0 Å². The van der Waals surface area contributed by atoms with E-state index < -0.39 is 11.2 Å².